The van der Waals surface area contributed by atoms with Crippen LogP contribution in [0.3, 0.4) is 0 Å². The Labute approximate surface area is 132 Å². The van der Waals surface area contributed by atoms with Crippen LogP contribution < -0.4 is 5.32 Å². The summed E-state index contributed by atoms with van der Waals surface area (Å²) in [5.41, 5.74) is 0.864. The van der Waals surface area contributed by atoms with Crippen molar-refractivity contribution in [2.75, 3.05) is 13.7 Å². The number of aryl methyl sites for hydroxylation is 1. The summed E-state index contributed by atoms with van der Waals surface area (Å²) in [6.07, 6.45) is 0. The summed E-state index contributed by atoms with van der Waals surface area (Å²) in [4.78, 5) is 12.6. The molecule has 2 aromatic rings. The van der Waals surface area contributed by atoms with Gasteiger partial charge in [0.2, 0.25) is 0 Å². The Morgan fingerprint density at radius 3 is 2.86 bits per heavy atom. The molecule has 112 valence electrons. The highest BCUT2D eigenvalue weighted by molar-refractivity contribution is 7.07. The fourth-order valence-electron chi connectivity index (χ4n) is 1.88. The van der Waals surface area contributed by atoms with E-state index in [2.05, 4.69) is 14.9 Å². The average molecular weight is 326 g/mol. The zero-order valence-corrected chi connectivity index (χ0v) is 13.6. The molecule has 21 heavy (non-hydrogen) atoms. The fourth-order valence-corrected chi connectivity index (χ4v) is 2.64. The molecule has 0 bridgehead atoms. The third-order valence-corrected chi connectivity index (χ3v) is 4.39. The minimum absolute atomic E-state index is 0.201. The van der Waals surface area contributed by atoms with Crippen LogP contribution >= 0.6 is 23.1 Å². The van der Waals surface area contributed by atoms with Crippen LogP contribution in [0.5, 0.6) is 0 Å². The standard InChI is InChI=1S/C14H16ClN3O2S/c1-9-12(21-18-17-9)13(19)16-8-14(2,20-3)10-5-4-6-11(15)7-10/h4-7H,8H2,1-3H3,(H,16,19)/t14-/m1/s1. The molecule has 1 aromatic carbocycles. The summed E-state index contributed by atoms with van der Waals surface area (Å²) >= 11 is 7.09. The number of nitrogens with one attached hydrogen (secondary N) is 1. The molecule has 7 heteroatoms. The van der Waals surface area contributed by atoms with Gasteiger partial charge in [0.05, 0.1) is 12.2 Å². The third-order valence-electron chi connectivity index (χ3n) is 3.33. The molecule has 0 unspecified atom stereocenters. The molecule has 1 atom stereocenters. The minimum atomic E-state index is -0.660. The van der Waals surface area contributed by atoms with Gasteiger partial charge in [0.1, 0.15) is 10.5 Å². The summed E-state index contributed by atoms with van der Waals surface area (Å²) in [5, 5.41) is 7.32. The molecular formula is C14H16ClN3O2S. The van der Waals surface area contributed by atoms with Crippen LogP contribution in [0.1, 0.15) is 27.9 Å². The van der Waals surface area contributed by atoms with Crippen molar-refractivity contribution < 1.29 is 9.53 Å². The van der Waals surface area contributed by atoms with Gasteiger partial charge in [-0.2, -0.15) is 0 Å². The number of ether oxygens (including phenoxy) is 1. The van der Waals surface area contributed by atoms with E-state index < -0.39 is 5.60 Å². The van der Waals surface area contributed by atoms with E-state index in [4.69, 9.17) is 16.3 Å². The molecule has 0 radical (unpaired) electrons. The van der Waals surface area contributed by atoms with Crippen molar-refractivity contribution in [3.8, 4) is 0 Å². The topological polar surface area (TPSA) is 64.1 Å². The Morgan fingerprint density at radius 1 is 1.52 bits per heavy atom. The van der Waals surface area contributed by atoms with Gasteiger partial charge in [0.15, 0.2) is 0 Å². The number of carbonyl (C=O) groups is 1. The molecule has 0 aliphatic heterocycles. The second-order valence-corrected chi connectivity index (χ2v) is 6.01. The molecule has 0 saturated heterocycles. The fraction of sp³-hybridized carbons (Fsp3) is 0.357. The van der Waals surface area contributed by atoms with Crippen LogP contribution in [0.15, 0.2) is 24.3 Å². The van der Waals surface area contributed by atoms with E-state index in [1.807, 2.05) is 25.1 Å². The number of rotatable bonds is 5. The van der Waals surface area contributed by atoms with Crippen molar-refractivity contribution in [1.29, 1.82) is 0 Å². The number of aromatic nitrogens is 2. The lowest BCUT2D eigenvalue weighted by Crippen LogP contribution is -2.40. The molecular weight excluding hydrogens is 310 g/mol. The number of hydrogen-bond acceptors (Lipinski definition) is 5. The van der Waals surface area contributed by atoms with Gasteiger partial charge < -0.3 is 10.1 Å². The summed E-state index contributed by atoms with van der Waals surface area (Å²) < 4.78 is 9.33. The number of methoxy groups -OCH3 is 1. The number of carbonyl (C=O) groups excluding carboxylic acids is 1. The number of hydrogen-bond donors (Lipinski definition) is 1. The van der Waals surface area contributed by atoms with Crippen molar-refractivity contribution >= 4 is 29.0 Å². The van der Waals surface area contributed by atoms with Gasteiger partial charge in [0, 0.05) is 12.1 Å². The second-order valence-electron chi connectivity index (χ2n) is 4.82. The maximum absolute atomic E-state index is 12.1. The van der Waals surface area contributed by atoms with E-state index in [0.29, 0.717) is 22.1 Å². The Bertz CT molecular complexity index is 647. The summed E-state index contributed by atoms with van der Waals surface area (Å²) in [6.45, 7) is 3.97. The molecule has 1 amide bonds. The summed E-state index contributed by atoms with van der Waals surface area (Å²) in [7, 11) is 1.60. The lowest BCUT2D eigenvalue weighted by Gasteiger charge is -2.29. The van der Waals surface area contributed by atoms with Crippen molar-refractivity contribution in [3.63, 3.8) is 0 Å². The first kappa shape index (κ1) is 15.9. The van der Waals surface area contributed by atoms with Crippen LogP contribution in [-0.2, 0) is 10.3 Å². The average Bonchev–Trinajstić information content (AvgIpc) is 2.90. The number of amides is 1. The molecule has 0 saturated carbocycles. The van der Waals surface area contributed by atoms with Crippen LogP contribution in [-0.4, -0.2) is 29.1 Å². The highest BCUT2D eigenvalue weighted by Gasteiger charge is 2.28. The van der Waals surface area contributed by atoms with Gasteiger partial charge in [-0.1, -0.05) is 28.2 Å². The van der Waals surface area contributed by atoms with E-state index in [1.54, 1.807) is 20.1 Å². The van der Waals surface area contributed by atoms with Gasteiger partial charge >= 0.3 is 0 Å². The monoisotopic (exact) mass is 325 g/mol. The van der Waals surface area contributed by atoms with Gasteiger partial charge in [-0.05, 0) is 43.1 Å². The highest BCUT2D eigenvalue weighted by atomic mass is 35.5. The van der Waals surface area contributed by atoms with E-state index in [-0.39, 0.29) is 5.91 Å². The molecule has 1 aromatic heterocycles. The summed E-state index contributed by atoms with van der Waals surface area (Å²) in [6, 6.07) is 7.40. The molecule has 0 fully saturated rings. The zero-order chi connectivity index (χ0) is 15.5. The van der Waals surface area contributed by atoms with Crippen molar-refractivity contribution in [2.45, 2.75) is 19.4 Å². The molecule has 2 rings (SSSR count). The van der Waals surface area contributed by atoms with Gasteiger partial charge in [0.25, 0.3) is 5.91 Å². The first-order valence-electron chi connectivity index (χ1n) is 6.34. The van der Waals surface area contributed by atoms with Crippen molar-refractivity contribution in [1.82, 2.24) is 14.9 Å². The van der Waals surface area contributed by atoms with Crippen LogP contribution in [0, 0.1) is 6.92 Å². The predicted molar refractivity (Wildman–Crippen MR) is 82.8 cm³/mol. The van der Waals surface area contributed by atoms with E-state index in [0.717, 1.165) is 17.1 Å². The smallest absolute Gasteiger partial charge is 0.265 e. The van der Waals surface area contributed by atoms with Gasteiger partial charge in [-0.25, -0.2) is 0 Å². The molecule has 1 N–H and O–H groups in total. The Hall–Kier alpha value is -1.50. The molecule has 5 nitrogen and oxygen atoms in total. The SMILES string of the molecule is CO[C@](C)(CNC(=O)c1snnc1C)c1cccc(Cl)c1. The maximum Gasteiger partial charge on any atom is 0.265 e. The minimum Gasteiger partial charge on any atom is -0.372 e. The van der Waals surface area contributed by atoms with Crippen LogP contribution in [0.25, 0.3) is 0 Å². The summed E-state index contributed by atoms with van der Waals surface area (Å²) in [5.74, 6) is -0.201. The first-order valence-corrected chi connectivity index (χ1v) is 7.50. The van der Waals surface area contributed by atoms with E-state index >= 15 is 0 Å². The van der Waals surface area contributed by atoms with E-state index in [9.17, 15) is 4.79 Å². The third kappa shape index (κ3) is 3.58. The molecule has 1 heterocycles. The van der Waals surface area contributed by atoms with Crippen molar-refractivity contribution in [3.05, 3.63) is 45.4 Å². The Kier molecular flexibility index (Phi) is 4.92. The zero-order valence-electron chi connectivity index (χ0n) is 12.0. The van der Waals surface area contributed by atoms with Crippen LogP contribution in [0.2, 0.25) is 5.02 Å². The largest absolute Gasteiger partial charge is 0.372 e. The number of benzene rings is 1. The van der Waals surface area contributed by atoms with Crippen LogP contribution in [0.4, 0.5) is 0 Å². The molecule has 0 aliphatic carbocycles. The quantitative estimate of drug-likeness (QED) is 0.918. The molecule has 0 aliphatic rings. The van der Waals surface area contributed by atoms with Gasteiger partial charge in [-0.15, -0.1) is 5.10 Å². The normalized spacial score (nSPS) is 13.7. The lowest BCUT2D eigenvalue weighted by molar-refractivity contribution is 0.00318. The van der Waals surface area contributed by atoms with Crippen molar-refractivity contribution in [2.24, 2.45) is 0 Å². The van der Waals surface area contributed by atoms with Gasteiger partial charge in [-0.3, -0.25) is 4.79 Å². The lowest BCUT2D eigenvalue weighted by atomic mass is 9.95. The Balaban J connectivity index is 2.12. The Morgan fingerprint density at radius 2 is 2.29 bits per heavy atom. The molecule has 0 spiro atoms. The predicted octanol–water partition coefficient (Wildman–Crippen LogP) is 2.79. The maximum atomic E-state index is 12.1. The first-order chi connectivity index (χ1) is 9.96. The van der Waals surface area contributed by atoms with E-state index in [1.165, 1.54) is 0 Å². The number of halogens is 1. The highest BCUT2D eigenvalue weighted by Crippen LogP contribution is 2.26. The second kappa shape index (κ2) is 6.51. The number of nitrogens with zero attached hydrogens (tertiary/aromatic N) is 2.